The summed E-state index contributed by atoms with van der Waals surface area (Å²) in [6.07, 6.45) is 2.37. The average molecular weight is 314 g/mol. The Morgan fingerprint density at radius 2 is 2.13 bits per heavy atom. The van der Waals surface area contributed by atoms with Gasteiger partial charge in [-0.05, 0) is 44.3 Å². The second-order valence-electron chi connectivity index (χ2n) is 6.06. The van der Waals surface area contributed by atoms with Gasteiger partial charge in [0.25, 0.3) is 0 Å². The smallest absolute Gasteiger partial charge is 0.226 e. The highest BCUT2D eigenvalue weighted by Gasteiger charge is 2.27. The topological polar surface area (TPSA) is 54.7 Å². The zero-order valence-electron chi connectivity index (χ0n) is 13.5. The summed E-state index contributed by atoms with van der Waals surface area (Å²) < 4.78 is 11.2. The Balaban J connectivity index is 1.59. The van der Waals surface area contributed by atoms with Crippen LogP contribution in [0.5, 0.6) is 5.75 Å². The first kappa shape index (κ1) is 15.6. The van der Waals surface area contributed by atoms with E-state index in [-0.39, 0.29) is 17.9 Å². The maximum Gasteiger partial charge on any atom is 0.226 e. The lowest BCUT2D eigenvalue weighted by molar-refractivity contribution is -0.126. The van der Waals surface area contributed by atoms with Crippen LogP contribution < -0.4 is 10.1 Å². The Hall–Kier alpha value is -2.27. The van der Waals surface area contributed by atoms with Crippen LogP contribution in [0.3, 0.4) is 0 Å². The first-order valence-corrected chi connectivity index (χ1v) is 7.83. The number of furan rings is 1. The van der Waals surface area contributed by atoms with Gasteiger partial charge in [-0.2, -0.15) is 0 Å². The van der Waals surface area contributed by atoms with Gasteiger partial charge in [0.15, 0.2) is 0 Å². The van der Waals surface area contributed by atoms with Gasteiger partial charge in [-0.1, -0.05) is 18.2 Å². The highest BCUT2D eigenvalue weighted by Crippen LogP contribution is 2.27. The van der Waals surface area contributed by atoms with E-state index in [9.17, 15) is 4.79 Å². The highest BCUT2D eigenvalue weighted by molar-refractivity contribution is 5.79. The van der Waals surface area contributed by atoms with Gasteiger partial charge in [0.1, 0.15) is 18.1 Å². The molecule has 1 aromatic heterocycles. The first-order chi connectivity index (χ1) is 11.1. The molecule has 1 N–H and O–H groups in total. The molecular formula is C18H22N2O3. The van der Waals surface area contributed by atoms with Crippen molar-refractivity contribution in [2.75, 3.05) is 27.2 Å². The fourth-order valence-electron chi connectivity index (χ4n) is 2.86. The molecule has 1 aliphatic heterocycles. The van der Waals surface area contributed by atoms with Gasteiger partial charge in [-0.25, -0.2) is 0 Å². The van der Waals surface area contributed by atoms with Crippen molar-refractivity contribution >= 4 is 5.91 Å². The molecule has 0 fully saturated rings. The van der Waals surface area contributed by atoms with Gasteiger partial charge in [0.2, 0.25) is 5.91 Å². The number of nitrogens with one attached hydrogen (secondary N) is 1. The third-order valence-corrected chi connectivity index (χ3v) is 4.21. The van der Waals surface area contributed by atoms with Crippen molar-refractivity contribution in [3.05, 3.63) is 54.0 Å². The van der Waals surface area contributed by atoms with Crippen molar-refractivity contribution in [2.24, 2.45) is 5.92 Å². The summed E-state index contributed by atoms with van der Waals surface area (Å²) in [5.74, 6) is 1.61. The lowest BCUT2D eigenvalue weighted by atomic mass is 9.96. The van der Waals surface area contributed by atoms with Gasteiger partial charge < -0.3 is 14.5 Å². The van der Waals surface area contributed by atoms with Crippen molar-refractivity contribution in [3.8, 4) is 5.75 Å². The van der Waals surface area contributed by atoms with E-state index in [0.29, 0.717) is 13.2 Å². The number of rotatable bonds is 5. The Morgan fingerprint density at radius 1 is 1.30 bits per heavy atom. The number of nitrogens with zero attached hydrogens (tertiary/aromatic N) is 1. The summed E-state index contributed by atoms with van der Waals surface area (Å²) in [6, 6.07) is 11.7. The van der Waals surface area contributed by atoms with Crippen molar-refractivity contribution in [1.29, 1.82) is 0 Å². The van der Waals surface area contributed by atoms with E-state index in [1.807, 2.05) is 55.4 Å². The molecule has 0 bridgehead atoms. The minimum Gasteiger partial charge on any atom is -0.492 e. The number of carbonyl (C=O) groups is 1. The summed E-state index contributed by atoms with van der Waals surface area (Å²) in [5.41, 5.74) is 1.09. The summed E-state index contributed by atoms with van der Waals surface area (Å²) in [4.78, 5) is 14.5. The zero-order valence-corrected chi connectivity index (χ0v) is 13.5. The molecule has 0 spiro atoms. The fraction of sp³-hybridized carbons (Fsp3) is 0.389. The van der Waals surface area contributed by atoms with E-state index in [0.717, 1.165) is 23.5 Å². The number of carbonyl (C=O) groups excluding carboxylic acids is 1. The van der Waals surface area contributed by atoms with E-state index in [1.165, 1.54) is 0 Å². The third-order valence-electron chi connectivity index (χ3n) is 4.21. The molecule has 2 aromatic rings. The molecule has 1 aromatic carbocycles. The number of para-hydroxylation sites is 1. The quantitative estimate of drug-likeness (QED) is 0.920. The summed E-state index contributed by atoms with van der Waals surface area (Å²) in [5, 5.41) is 3.03. The monoisotopic (exact) mass is 314 g/mol. The van der Waals surface area contributed by atoms with Crippen molar-refractivity contribution in [2.45, 2.75) is 12.5 Å². The zero-order chi connectivity index (χ0) is 16.2. The predicted octanol–water partition coefficient (Wildman–Crippen LogP) is 2.25. The van der Waals surface area contributed by atoms with Crippen LogP contribution in [0.2, 0.25) is 0 Å². The molecule has 0 saturated carbocycles. The van der Waals surface area contributed by atoms with Gasteiger partial charge in [-0.3, -0.25) is 9.69 Å². The number of hydrogen-bond donors (Lipinski definition) is 1. The minimum absolute atomic E-state index is 0.0192. The van der Waals surface area contributed by atoms with Crippen LogP contribution in [0.1, 0.15) is 17.4 Å². The SMILES string of the molecule is CN(C)C(CNC(=O)C1COc2ccccc2C1)c1ccco1. The molecule has 0 aliphatic carbocycles. The number of amides is 1. The molecule has 5 heteroatoms. The maximum absolute atomic E-state index is 12.5. The van der Waals surface area contributed by atoms with Gasteiger partial charge >= 0.3 is 0 Å². The predicted molar refractivity (Wildman–Crippen MR) is 87.3 cm³/mol. The van der Waals surface area contributed by atoms with Gasteiger partial charge in [0, 0.05) is 6.54 Å². The summed E-state index contributed by atoms with van der Waals surface area (Å²) in [7, 11) is 3.94. The molecule has 5 nitrogen and oxygen atoms in total. The standard InChI is InChI=1S/C18H22N2O3/c1-20(2)15(17-8-5-9-22-17)11-19-18(21)14-10-13-6-3-4-7-16(13)23-12-14/h3-9,14-15H,10-12H2,1-2H3,(H,19,21). The van der Waals surface area contributed by atoms with Crippen LogP contribution >= 0.6 is 0 Å². The minimum atomic E-state index is -0.149. The molecule has 0 saturated heterocycles. The van der Waals surface area contributed by atoms with E-state index in [1.54, 1.807) is 6.26 Å². The number of likely N-dealkylation sites (N-methyl/N-ethyl adjacent to an activating group) is 1. The number of fused-ring (bicyclic) bond motifs is 1. The molecule has 23 heavy (non-hydrogen) atoms. The first-order valence-electron chi connectivity index (χ1n) is 7.83. The third kappa shape index (κ3) is 3.56. The Kier molecular flexibility index (Phi) is 4.67. The fourth-order valence-corrected chi connectivity index (χ4v) is 2.86. The van der Waals surface area contributed by atoms with Crippen molar-refractivity contribution < 1.29 is 13.9 Å². The van der Waals surface area contributed by atoms with E-state index >= 15 is 0 Å². The van der Waals surface area contributed by atoms with Crippen LogP contribution in [0.4, 0.5) is 0 Å². The molecule has 0 radical (unpaired) electrons. The highest BCUT2D eigenvalue weighted by atomic mass is 16.5. The maximum atomic E-state index is 12.5. The second-order valence-corrected chi connectivity index (χ2v) is 6.06. The van der Waals surface area contributed by atoms with Crippen molar-refractivity contribution in [3.63, 3.8) is 0 Å². The molecule has 2 heterocycles. The Labute approximate surface area is 136 Å². The molecule has 122 valence electrons. The van der Waals surface area contributed by atoms with Crippen molar-refractivity contribution in [1.82, 2.24) is 10.2 Å². The number of benzene rings is 1. The number of ether oxygens (including phenoxy) is 1. The van der Waals surface area contributed by atoms with Gasteiger partial charge in [0.05, 0.1) is 18.2 Å². The van der Waals surface area contributed by atoms with Crippen LogP contribution in [0, 0.1) is 5.92 Å². The Morgan fingerprint density at radius 3 is 2.87 bits per heavy atom. The van der Waals surface area contributed by atoms with Crippen LogP contribution in [0.25, 0.3) is 0 Å². The van der Waals surface area contributed by atoms with Gasteiger partial charge in [-0.15, -0.1) is 0 Å². The summed E-state index contributed by atoms with van der Waals surface area (Å²) in [6.45, 7) is 0.938. The molecular weight excluding hydrogens is 292 g/mol. The largest absolute Gasteiger partial charge is 0.492 e. The lowest BCUT2D eigenvalue weighted by Crippen LogP contribution is -2.41. The van der Waals surface area contributed by atoms with Crippen LogP contribution in [0.15, 0.2) is 47.1 Å². The second kappa shape index (κ2) is 6.87. The average Bonchev–Trinajstić information content (AvgIpc) is 3.08. The van der Waals surface area contributed by atoms with Crippen LogP contribution in [-0.2, 0) is 11.2 Å². The molecule has 3 rings (SSSR count). The van der Waals surface area contributed by atoms with E-state index in [4.69, 9.17) is 9.15 Å². The van der Waals surface area contributed by atoms with Crippen LogP contribution in [-0.4, -0.2) is 38.1 Å². The molecule has 2 atom stereocenters. The lowest BCUT2D eigenvalue weighted by Gasteiger charge is -2.27. The normalized spacial score (nSPS) is 18.1. The molecule has 1 amide bonds. The van der Waals surface area contributed by atoms with E-state index < -0.39 is 0 Å². The summed E-state index contributed by atoms with van der Waals surface area (Å²) >= 11 is 0. The molecule has 1 aliphatic rings. The Bertz CT molecular complexity index is 652. The number of hydrogen-bond acceptors (Lipinski definition) is 4. The van der Waals surface area contributed by atoms with E-state index in [2.05, 4.69) is 5.32 Å². The molecule has 2 unspecified atom stereocenters.